The van der Waals surface area contributed by atoms with Gasteiger partial charge in [0, 0.05) is 48.7 Å². The van der Waals surface area contributed by atoms with Crippen LogP contribution in [0.3, 0.4) is 0 Å². The smallest absolute Gasteiger partial charge is 0.277 e. The zero-order chi connectivity index (χ0) is 24.7. The highest BCUT2D eigenvalue weighted by molar-refractivity contribution is 7.99. The summed E-state index contributed by atoms with van der Waals surface area (Å²) in [6.07, 6.45) is 0. The summed E-state index contributed by atoms with van der Waals surface area (Å²) in [7, 11) is 0. The number of nitrogens with one attached hydrogen (secondary N) is 1. The summed E-state index contributed by atoms with van der Waals surface area (Å²) in [5, 5.41) is 11.3. The average molecular weight is 500 g/mol. The summed E-state index contributed by atoms with van der Waals surface area (Å²) in [6, 6.07) is 26.6. The molecule has 182 valence electrons. The first-order chi connectivity index (χ1) is 17.7. The summed E-state index contributed by atoms with van der Waals surface area (Å²) in [5.41, 5.74) is 3.34. The van der Waals surface area contributed by atoms with Crippen LogP contribution >= 0.6 is 11.8 Å². The summed E-state index contributed by atoms with van der Waals surface area (Å²) in [6.45, 7) is 2.86. The molecule has 2 heterocycles. The lowest BCUT2D eigenvalue weighted by Gasteiger charge is -2.36. The van der Waals surface area contributed by atoms with Crippen molar-refractivity contribution in [3.05, 3.63) is 90.5 Å². The molecular weight excluding hydrogens is 474 g/mol. The van der Waals surface area contributed by atoms with Crippen LogP contribution in [0.1, 0.15) is 10.4 Å². The van der Waals surface area contributed by atoms with Gasteiger partial charge in [-0.15, -0.1) is 10.2 Å². The van der Waals surface area contributed by atoms with Crippen molar-refractivity contribution in [2.45, 2.75) is 5.22 Å². The second-order valence-corrected chi connectivity index (χ2v) is 9.19. The average Bonchev–Trinajstić information content (AvgIpc) is 3.42. The number of hydrogen-bond acceptors (Lipinski definition) is 7. The summed E-state index contributed by atoms with van der Waals surface area (Å²) >= 11 is 1.20. The van der Waals surface area contributed by atoms with E-state index in [-0.39, 0.29) is 17.6 Å². The van der Waals surface area contributed by atoms with Gasteiger partial charge in [-0.3, -0.25) is 9.59 Å². The first-order valence-electron chi connectivity index (χ1n) is 11.7. The zero-order valence-electron chi connectivity index (χ0n) is 19.5. The van der Waals surface area contributed by atoms with E-state index in [0.29, 0.717) is 24.2 Å². The molecule has 0 unspecified atom stereocenters. The Hall–Kier alpha value is -4.11. The Morgan fingerprint density at radius 1 is 0.833 bits per heavy atom. The van der Waals surface area contributed by atoms with Gasteiger partial charge in [0.1, 0.15) is 0 Å². The van der Waals surface area contributed by atoms with E-state index in [2.05, 4.69) is 20.4 Å². The minimum atomic E-state index is -0.153. The van der Waals surface area contributed by atoms with Gasteiger partial charge in [0.05, 0.1) is 5.75 Å². The number of thioether (sulfide) groups is 1. The van der Waals surface area contributed by atoms with Crippen LogP contribution in [0.15, 0.2) is 94.6 Å². The van der Waals surface area contributed by atoms with Gasteiger partial charge in [0.2, 0.25) is 11.8 Å². The monoisotopic (exact) mass is 499 g/mol. The van der Waals surface area contributed by atoms with Crippen molar-refractivity contribution < 1.29 is 14.0 Å². The number of carbonyl (C=O) groups is 2. The number of benzene rings is 3. The van der Waals surface area contributed by atoms with Crippen molar-refractivity contribution in [2.75, 3.05) is 42.1 Å². The highest BCUT2D eigenvalue weighted by Crippen LogP contribution is 2.24. The first kappa shape index (κ1) is 23.6. The van der Waals surface area contributed by atoms with Gasteiger partial charge in [-0.1, -0.05) is 48.2 Å². The van der Waals surface area contributed by atoms with Crippen molar-refractivity contribution in [1.29, 1.82) is 0 Å². The van der Waals surface area contributed by atoms with Crippen LogP contribution < -0.4 is 10.2 Å². The minimum Gasteiger partial charge on any atom is -0.411 e. The highest BCUT2D eigenvalue weighted by Gasteiger charge is 2.22. The van der Waals surface area contributed by atoms with Crippen molar-refractivity contribution in [1.82, 2.24) is 15.1 Å². The third-order valence-corrected chi connectivity index (χ3v) is 6.68. The van der Waals surface area contributed by atoms with Crippen molar-refractivity contribution >= 4 is 35.0 Å². The lowest BCUT2D eigenvalue weighted by atomic mass is 10.1. The summed E-state index contributed by atoms with van der Waals surface area (Å²) in [4.78, 5) is 29.2. The largest absolute Gasteiger partial charge is 0.411 e. The topological polar surface area (TPSA) is 91.6 Å². The fraction of sp³-hybridized carbons (Fsp3) is 0.185. The number of rotatable bonds is 7. The molecule has 3 aromatic carbocycles. The van der Waals surface area contributed by atoms with Gasteiger partial charge in [-0.05, 0) is 48.5 Å². The fourth-order valence-corrected chi connectivity index (χ4v) is 4.54. The summed E-state index contributed by atoms with van der Waals surface area (Å²) < 4.78 is 5.63. The van der Waals surface area contributed by atoms with E-state index in [1.807, 2.05) is 89.8 Å². The molecule has 0 saturated carbocycles. The van der Waals surface area contributed by atoms with E-state index in [4.69, 9.17) is 4.42 Å². The molecule has 1 aromatic heterocycles. The SMILES string of the molecule is O=C(CSc1nnc(-c2ccccc2)o1)Nc1ccc(N2CCN(C(=O)c3ccccc3)CC2)cc1. The number of aromatic nitrogens is 2. The van der Waals surface area contributed by atoms with Gasteiger partial charge >= 0.3 is 0 Å². The molecule has 0 spiro atoms. The Morgan fingerprint density at radius 3 is 2.19 bits per heavy atom. The normalized spacial score (nSPS) is 13.4. The van der Waals surface area contributed by atoms with Crippen LogP contribution in [0.4, 0.5) is 11.4 Å². The molecule has 1 fully saturated rings. The minimum absolute atomic E-state index is 0.0722. The van der Waals surface area contributed by atoms with Crippen LogP contribution in [-0.4, -0.2) is 58.8 Å². The molecule has 1 N–H and O–H groups in total. The molecule has 0 aliphatic carbocycles. The molecule has 0 bridgehead atoms. The number of carbonyl (C=O) groups excluding carboxylic acids is 2. The molecule has 8 nitrogen and oxygen atoms in total. The van der Waals surface area contributed by atoms with Crippen LogP contribution in [0.25, 0.3) is 11.5 Å². The first-order valence-corrected chi connectivity index (χ1v) is 12.7. The lowest BCUT2D eigenvalue weighted by Crippen LogP contribution is -2.48. The molecule has 1 aliphatic rings. The third-order valence-electron chi connectivity index (χ3n) is 5.86. The Labute approximate surface area is 213 Å². The van der Waals surface area contributed by atoms with Gasteiger partial charge in [-0.25, -0.2) is 0 Å². The summed E-state index contributed by atoms with van der Waals surface area (Å²) in [5.74, 6) is 0.512. The number of nitrogens with zero attached hydrogens (tertiary/aromatic N) is 4. The van der Waals surface area contributed by atoms with E-state index in [1.54, 1.807) is 0 Å². The molecule has 1 saturated heterocycles. The van der Waals surface area contributed by atoms with Crippen LogP contribution in [0.2, 0.25) is 0 Å². The number of anilines is 2. The van der Waals surface area contributed by atoms with Crippen LogP contribution in [0.5, 0.6) is 0 Å². The quantitative estimate of drug-likeness (QED) is 0.376. The Balaban J connectivity index is 1.09. The molecule has 36 heavy (non-hydrogen) atoms. The second kappa shape index (κ2) is 11.1. The highest BCUT2D eigenvalue weighted by atomic mass is 32.2. The van der Waals surface area contributed by atoms with Crippen molar-refractivity contribution in [3.8, 4) is 11.5 Å². The lowest BCUT2D eigenvalue weighted by molar-refractivity contribution is -0.113. The molecule has 9 heteroatoms. The number of hydrogen-bond donors (Lipinski definition) is 1. The van der Waals surface area contributed by atoms with Crippen molar-refractivity contribution in [2.24, 2.45) is 0 Å². The molecule has 0 atom stereocenters. The molecule has 4 aromatic rings. The number of piperazine rings is 1. The maximum atomic E-state index is 12.7. The Bertz CT molecular complexity index is 1300. The molecule has 5 rings (SSSR count). The fourth-order valence-electron chi connectivity index (χ4n) is 3.98. The molecular formula is C27H25N5O3S. The zero-order valence-corrected chi connectivity index (χ0v) is 20.4. The van der Waals surface area contributed by atoms with Crippen molar-refractivity contribution in [3.63, 3.8) is 0 Å². The van der Waals surface area contributed by atoms with E-state index in [1.165, 1.54) is 11.8 Å². The van der Waals surface area contributed by atoms with Gasteiger partial charge in [-0.2, -0.15) is 0 Å². The standard InChI is InChI=1S/C27H25N5O3S/c33-24(19-36-27-30-29-25(35-27)20-7-3-1-4-8-20)28-22-11-13-23(14-12-22)31-15-17-32(18-16-31)26(34)21-9-5-2-6-10-21/h1-14H,15-19H2,(H,28,33). The molecule has 2 amide bonds. The van der Waals surface area contributed by atoms with Gasteiger partial charge < -0.3 is 19.5 Å². The van der Waals surface area contributed by atoms with E-state index < -0.39 is 0 Å². The van der Waals surface area contributed by atoms with Crippen LogP contribution in [-0.2, 0) is 4.79 Å². The van der Waals surface area contributed by atoms with E-state index in [9.17, 15) is 9.59 Å². The molecule has 0 radical (unpaired) electrons. The molecule has 1 aliphatic heterocycles. The Morgan fingerprint density at radius 2 is 1.50 bits per heavy atom. The van der Waals surface area contributed by atoms with E-state index in [0.717, 1.165) is 35.6 Å². The second-order valence-electron chi connectivity index (χ2n) is 8.27. The Kier molecular flexibility index (Phi) is 7.28. The predicted octanol–water partition coefficient (Wildman–Crippen LogP) is 4.43. The maximum Gasteiger partial charge on any atom is 0.277 e. The van der Waals surface area contributed by atoms with E-state index >= 15 is 0 Å². The maximum absolute atomic E-state index is 12.7. The van der Waals surface area contributed by atoms with Crippen LogP contribution in [0, 0.1) is 0 Å². The third kappa shape index (κ3) is 5.75. The van der Waals surface area contributed by atoms with Gasteiger partial charge in [0.25, 0.3) is 11.1 Å². The predicted molar refractivity (Wildman–Crippen MR) is 140 cm³/mol. The van der Waals surface area contributed by atoms with Gasteiger partial charge in [0.15, 0.2) is 0 Å². The number of amides is 2.